The minimum absolute atomic E-state index is 0.101. The quantitative estimate of drug-likeness (QED) is 0.539. The summed E-state index contributed by atoms with van der Waals surface area (Å²) in [5, 5.41) is 13.5. The highest BCUT2D eigenvalue weighted by Gasteiger charge is 2.27. The molecule has 0 saturated carbocycles. The molecule has 1 N–H and O–H groups in total. The molecule has 2 aromatic carbocycles. The van der Waals surface area contributed by atoms with E-state index in [-0.39, 0.29) is 30.1 Å². The minimum atomic E-state index is -3.59. The van der Waals surface area contributed by atoms with Crippen LogP contribution in [0.15, 0.2) is 42.5 Å². The molecule has 0 aromatic heterocycles. The van der Waals surface area contributed by atoms with Crippen molar-refractivity contribution in [2.24, 2.45) is 0 Å². The van der Waals surface area contributed by atoms with Crippen LogP contribution in [0.1, 0.15) is 21.5 Å². The van der Waals surface area contributed by atoms with E-state index in [4.69, 9.17) is 4.74 Å². The predicted molar refractivity (Wildman–Crippen MR) is 106 cm³/mol. The fourth-order valence-corrected chi connectivity index (χ4v) is 4.53. The highest BCUT2D eigenvalue weighted by atomic mass is 32.2. The van der Waals surface area contributed by atoms with Crippen LogP contribution in [-0.2, 0) is 23.0 Å². The van der Waals surface area contributed by atoms with Crippen molar-refractivity contribution in [3.63, 3.8) is 0 Å². The number of hydrogen-bond acceptors (Lipinski definition) is 6. The summed E-state index contributed by atoms with van der Waals surface area (Å²) >= 11 is 0. The van der Waals surface area contributed by atoms with Crippen molar-refractivity contribution in [3.05, 3.63) is 69.3 Å². The largest absolute Gasteiger partial charge is 0.497 e. The van der Waals surface area contributed by atoms with Gasteiger partial charge in [0.05, 0.1) is 17.8 Å². The Morgan fingerprint density at radius 2 is 2.00 bits per heavy atom. The molecular formula is C19H21N3O6S. The number of benzene rings is 2. The number of ether oxygens (including phenoxy) is 1. The molecule has 0 fully saturated rings. The van der Waals surface area contributed by atoms with Gasteiger partial charge in [0.25, 0.3) is 11.6 Å². The molecule has 0 bridgehead atoms. The second-order valence-electron chi connectivity index (χ2n) is 6.56. The molecule has 0 spiro atoms. The summed E-state index contributed by atoms with van der Waals surface area (Å²) in [6.45, 7) is 0.472. The standard InChI is InChI=1S/C19H21N3O6S/c1-28-16-7-6-15-13-21(10-8-14(15)12-16)29(26,27)11-9-20-19(23)17-4-2-3-5-18(17)22(24)25/h2-7,12H,8-11,13H2,1H3,(H,20,23). The predicted octanol–water partition coefficient (Wildman–Crippen LogP) is 1.72. The molecule has 0 radical (unpaired) electrons. The van der Waals surface area contributed by atoms with Crippen molar-refractivity contribution in [1.29, 1.82) is 0 Å². The van der Waals surface area contributed by atoms with E-state index in [2.05, 4.69) is 5.32 Å². The van der Waals surface area contributed by atoms with Gasteiger partial charge >= 0.3 is 0 Å². The van der Waals surface area contributed by atoms with E-state index in [0.717, 1.165) is 16.9 Å². The van der Waals surface area contributed by atoms with Crippen LogP contribution < -0.4 is 10.1 Å². The lowest BCUT2D eigenvalue weighted by Gasteiger charge is -2.28. The first-order chi connectivity index (χ1) is 13.8. The van der Waals surface area contributed by atoms with E-state index < -0.39 is 20.9 Å². The van der Waals surface area contributed by atoms with Crippen LogP contribution in [-0.4, -0.2) is 49.5 Å². The third kappa shape index (κ3) is 4.72. The molecule has 0 atom stereocenters. The number of methoxy groups -OCH3 is 1. The van der Waals surface area contributed by atoms with Crippen LogP contribution in [0.4, 0.5) is 5.69 Å². The molecule has 1 aliphatic rings. The number of nitro benzene ring substituents is 1. The Morgan fingerprint density at radius 3 is 2.72 bits per heavy atom. The highest BCUT2D eigenvalue weighted by molar-refractivity contribution is 7.89. The van der Waals surface area contributed by atoms with Crippen molar-refractivity contribution < 1.29 is 22.9 Å². The maximum Gasteiger partial charge on any atom is 0.282 e. The van der Waals surface area contributed by atoms with Crippen LogP contribution in [0.25, 0.3) is 0 Å². The van der Waals surface area contributed by atoms with Gasteiger partial charge in [0, 0.05) is 25.7 Å². The van der Waals surface area contributed by atoms with Crippen LogP contribution in [0.2, 0.25) is 0 Å². The van der Waals surface area contributed by atoms with E-state index in [1.165, 1.54) is 28.6 Å². The Bertz CT molecular complexity index is 1040. The van der Waals surface area contributed by atoms with Gasteiger partial charge in [0.15, 0.2) is 0 Å². The Balaban J connectivity index is 1.61. The lowest BCUT2D eigenvalue weighted by molar-refractivity contribution is -0.385. The van der Waals surface area contributed by atoms with Gasteiger partial charge in [0.2, 0.25) is 10.0 Å². The third-order valence-electron chi connectivity index (χ3n) is 4.78. The van der Waals surface area contributed by atoms with Crippen LogP contribution in [0.5, 0.6) is 5.75 Å². The van der Waals surface area contributed by atoms with E-state index >= 15 is 0 Å². The van der Waals surface area contributed by atoms with Crippen molar-refractivity contribution in [2.45, 2.75) is 13.0 Å². The SMILES string of the molecule is COc1ccc2c(c1)CCN(S(=O)(=O)CCNC(=O)c1ccccc1[N+](=O)[O-])C2. The summed E-state index contributed by atoms with van der Waals surface area (Å²) in [5.74, 6) is -0.230. The monoisotopic (exact) mass is 419 g/mol. The Morgan fingerprint density at radius 1 is 1.24 bits per heavy atom. The molecule has 0 aliphatic carbocycles. The zero-order valence-corrected chi connectivity index (χ0v) is 16.6. The minimum Gasteiger partial charge on any atom is -0.497 e. The van der Waals surface area contributed by atoms with Gasteiger partial charge < -0.3 is 10.1 Å². The number of nitro groups is 1. The number of carbonyl (C=O) groups excluding carboxylic acids is 1. The molecule has 1 amide bonds. The third-order valence-corrected chi connectivity index (χ3v) is 6.59. The van der Waals surface area contributed by atoms with E-state index in [1.54, 1.807) is 13.2 Å². The second kappa shape index (κ2) is 8.58. The average molecular weight is 419 g/mol. The molecule has 2 aromatic rings. The fraction of sp³-hybridized carbons (Fsp3) is 0.316. The zero-order chi connectivity index (χ0) is 21.0. The summed E-state index contributed by atoms with van der Waals surface area (Å²) in [5.41, 5.74) is 1.55. The molecule has 3 rings (SSSR count). The number of fused-ring (bicyclic) bond motifs is 1. The number of carbonyl (C=O) groups is 1. The number of sulfonamides is 1. The van der Waals surface area contributed by atoms with E-state index in [9.17, 15) is 23.3 Å². The zero-order valence-electron chi connectivity index (χ0n) is 15.8. The molecule has 1 aliphatic heterocycles. The van der Waals surface area contributed by atoms with Gasteiger partial charge in [-0.2, -0.15) is 4.31 Å². The number of nitrogens with one attached hydrogen (secondary N) is 1. The molecule has 154 valence electrons. The van der Waals surface area contributed by atoms with Gasteiger partial charge in [-0.15, -0.1) is 0 Å². The molecule has 29 heavy (non-hydrogen) atoms. The topological polar surface area (TPSA) is 119 Å². The normalized spacial score (nSPS) is 14.1. The summed E-state index contributed by atoms with van der Waals surface area (Å²) in [7, 11) is -2.01. The summed E-state index contributed by atoms with van der Waals surface area (Å²) < 4.78 is 31.9. The Labute approximate surface area is 168 Å². The summed E-state index contributed by atoms with van der Waals surface area (Å²) in [4.78, 5) is 22.6. The number of hydrogen-bond donors (Lipinski definition) is 1. The van der Waals surface area contributed by atoms with Gasteiger partial charge in [-0.05, 0) is 35.7 Å². The molecule has 1 heterocycles. The fourth-order valence-electron chi connectivity index (χ4n) is 3.21. The molecule has 10 heteroatoms. The maximum absolute atomic E-state index is 12.7. The summed E-state index contributed by atoms with van der Waals surface area (Å²) in [6.07, 6.45) is 0.578. The molecule has 9 nitrogen and oxygen atoms in total. The highest BCUT2D eigenvalue weighted by Crippen LogP contribution is 2.25. The van der Waals surface area contributed by atoms with Crippen molar-refractivity contribution in [1.82, 2.24) is 9.62 Å². The first-order valence-electron chi connectivity index (χ1n) is 8.97. The number of rotatable bonds is 7. The average Bonchev–Trinajstić information content (AvgIpc) is 2.72. The van der Waals surface area contributed by atoms with E-state index in [1.807, 2.05) is 12.1 Å². The lowest BCUT2D eigenvalue weighted by Crippen LogP contribution is -2.40. The van der Waals surface area contributed by atoms with E-state index in [0.29, 0.717) is 13.0 Å². The molecule has 0 unspecified atom stereocenters. The van der Waals surface area contributed by atoms with Crippen molar-refractivity contribution in [2.75, 3.05) is 26.0 Å². The Hall–Kier alpha value is -2.98. The Kier molecular flexibility index (Phi) is 6.14. The van der Waals surface area contributed by atoms with Gasteiger partial charge in [0.1, 0.15) is 11.3 Å². The van der Waals surface area contributed by atoms with Gasteiger partial charge in [-0.3, -0.25) is 14.9 Å². The smallest absolute Gasteiger partial charge is 0.282 e. The second-order valence-corrected chi connectivity index (χ2v) is 8.65. The first-order valence-corrected chi connectivity index (χ1v) is 10.6. The first kappa shape index (κ1) is 20.7. The summed E-state index contributed by atoms with van der Waals surface area (Å²) in [6, 6.07) is 11.1. The molecule has 0 saturated heterocycles. The van der Waals surface area contributed by atoms with Gasteiger partial charge in [-0.25, -0.2) is 8.42 Å². The van der Waals surface area contributed by atoms with Gasteiger partial charge in [-0.1, -0.05) is 18.2 Å². The van der Waals surface area contributed by atoms with Crippen LogP contribution >= 0.6 is 0 Å². The van der Waals surface area contributed by atoms with Crippen LogP contribution in [0.3, 0.4) is 0 Å². The number of amides is 1. The van der Waals surface area contributed by atoms with Crippen LogP contribution in [0, 0.1) is 10.1 Å². The number of nitrogens with zero attached hydrogens (tertiary/aromatic N) is 2. The van der Waals surface area contributed by atoms with Crippen molar-refractivity contribution in [3.8, 4) is 5.75 Å². The lowest BCUT2D eigenvalue weighted by atomic mass is 10.0. The number of para-hydroxylation sites is 1. The maximum atomic E-state index is 12.7. The molecular weight excluding hydrogens is 398 g/mol. The van der Waals surface area contributed by atoms with Crippen molar-refractivity contribution >= 4 is 21.6 Å².